The quantitative estimate of drug-likeness (QED) is 0.801. The molecule has 1 aromatic rings. The van der Waals surface area contributed by atoms with Gasteiger partial charge in [-0.15, -0.1) is 0 Å². The van der Waals surface area contributed by atoms with Crippen LogP contribution in [-0.2, 0) is 9.53 Å². The molecule has 0 aliphatic carbocycles. The molecule has 24 heavy (non-hydrogen) atoms. The number of rotatable bonds is 6. The zero-order valence-electron chi connectivity index (χ0n) is 14.7. The number of nitrogens with one attached hydrogen (secondary N) is 1. The third-order valence-corrected chi connectivity index (χ3v) is 4.80. The van der Waals surface area contributed by atoms with E-state index in [9.17, 15) is 4.79 Å². The Morgan fingerprint density at radius 2 is 2.08 bits per heavy atom. The lowest BCUT2D eigenvalue weighted by molar-refractivity contribution is -0.116. The maximum absolute atomic E-state index is 12.1. The molecule has 1 aliphatic rings. The lowest BCUT2D eigenvalue weighted by Gasteiger charge is -2.36. The fraction of sp³-hybridized carbons (Fsp3) is 0.526. The Bertz CT molecular complexity index is 581. The van der Waals surface area contributed by atoms with Gasteiger partial charge in [-0.3, -0.25) is 9.69 Å². The zero-order valence-corrected chi connectivity index (χ0v) is 15.5. The normalized spacial score (nSPS) is 17.4. The van der Waals surface area contributed by atoms with Gasteiger partial charge in [0.25, 0.3) is 0 Å². The SMILES string of the molecule is Cc1ccc(/C=C/C(=O)NCC(C(C)C)N2CCOCC2)cc1Cl. The molecule has 1 amide bonds. The van der Waals surface area contributed by atoms with Gasteiger partial charge in [-0.25, -0.2) is 0 Å². The molecule has 1 atom stereocenters. The molecule has 1 aliphatic heterocycles. The molecule has 1 heterocycles. The summed E-state index contributed by atoms with van der Waals surface area (Å²) in [5, 5.41) is 3.73. The third-order valence-electron chi connectivity index (χ3n) is 4.39. The number of nitrogens with zero attached hydrogens (tertiary/aromatic N) is 1. The van der Waals surface area contributed by atoms with Crippen molar-refractivity contribution in [1.82, 2.24) is 10.2 Å². The molecular weight excluding hydrogens is 324 g/mol. The van der Waals surface area contributed by atoms with Crippen molar-refractivity contribution in [2.75, 3.05) is 32.8 Å². The van der Waals surface area contributed by atoms with Crippen molar-refractivity contribution < 1.29 is 9.53 Å². The number of aryl methyl sites for hydroxylation is 1. The third kappa shape index (κ3) is 5.62. The first-order chi connectivity index (χ1) is 11.5. The first-order valence-corrected chi connectivity index (χ1v) is 8.89. The number of hydrogen-bond acceptors (Lipinski definition) is 3. The number of benzene rings is 1. The molecule has 2 rings (SSSR count). The van der Waals surface area contributed by atoms with Gasteiger partial charge in [0.1, 0.15) is 0 Å². The lowest BCUT2D eigenvalue weighted by atomic mass is 10.0. The standard InChI is InChI=1S/C19H27ClN2O2/c1-14(2)18(22-8-10-24-11-9-22)13-21-19(23)7-6-16-5-4-15(3)17(20)12-16/h4-7,12,14,18H,8-11,13H2,1-3H3,(H,21,23)/b7-6+. The molecule has 1 fully saturated rings. The largest absolute Gasteiger partial charge is 0.379 e. The molecular formula is C19H27ClN2O2. The first kappa shape index (κ1) is 19.0. The van der Waals surface area contributed by atoms with Gasteiger partial charge < -0.3 is 10.1 Å². The molecule has 0 aromatic heterocycles. The van der Waals surface area contributed by atoms with Crippen LogP contribution in [0.4, 0.5) is 0 Å². The van der Waals surface area contributed by atoms with E-state index in [1.165, 1.54) is 0 Å². The second-order valence-electron chi connectivity index (χ2n) is 6.55. The molecule has 1 unspecified atom stereocenters. The van der Waals surface area contributed by atoms with E-state index in [2.05, 4.69) is 24.1 Å². The highest BCUT2D eigenvalue weighted by Gasteiger charge is 2.23. The van der Waals surface area contributed by atoms with Gasteiger partial charge in [0.05, 0.1) is 13.2 Å². The van der Waals surface area contributed by atoms with Crippen molar-refractivity contribution >= 4 is 23.6 Å². The van der Waals surface area contributed by atoms with Crippen LogP contribution in [-0.4, -0.2) is 49.7 Å². The van der Waals surface area contributed by atoms with Gasteiger partial charge in [-0.05, 0) is 36.1 Å². The lowest BCUT2D eigenvalue weighted by Crippen LogP contribution is -2.51. The second-order valence-corrected chi connectivity index (χ2v) is 6.95. The Kier molecular flexibility index (Phi) is 7.28. The van der Waals surface area contributed by atoms with Gasteiger partial charge in [-0.2, -0.15) is 0 Å². The smallest absolute Gasteiger partial charge is 0.244 e. The average Bonchev–Trinajstić information content (AvgIpc) is 2.57. The van der Waals surface area contributed by atoms with E-state index >= 15 is 0 Å². The zero-order chi connectivity index (χ0) is 17.5. The van der Waals surface area contributed by atoms with Gasteiger partial charge in [0, 0.05) is 36.8 Å². The van der Waals surface area contributed by atoms with Crippen molar-refractivity contribution in [3.8, 4) is 0 Å². The second kappa shape index (κ2) is 9.21. The van der Waals surface area contributed by atoms with Crippen molar-refractivity contribution in [2.45, 2.75) is 26.8 Å². The van der Waals surface area contributed by atoms with Crippen LogP contribution in [0.25, 0.3) is 6.08 Å². The summed E-state index contributed by atoms with van der Waals surface area (Å²) >= 11 is 6.10. The minimum atomic E-state index is -0.0781. The first-order valence-electron chi connectivity index (χ1n) is 8.51. The molecule has 0 saturated carbocycles. The topological polar surface area (TPSA) is 41.6 Å². The van der Waals surface area contributed by atoms with Crippen LogP contribution in [0.5, 0.6) is 0 Å². The molecule has 0 bridgehead atoms. The van der Waals surface area contributed by atoms with Crippen molar-refractivity contribution in [2.24, 2.45) is 5.92 Å². The van der Waals surface area contributed by atoms with Gasteiger partial charge in [0.2, 0.25) is 5.91 Å². The number of halogens is 1. The van der Waals surface area contributed by atoms with Gasteiger partial charge in [-0.1, -0.05) is 37.6 Å². The van der Waals surface area contributed by atoms with E-state index in [0.29, 0.717) is 23.5 Å². The Balaban J connectivity index is 1.88. The predicted molar refractivity (Wildman–Crippen MR) is 99.3 cm³/mol. The van der Waals surface area contributed by atoms with Crippen LogP contribution in [0, 0.1) is 12.8 Å². The number of carbonyl (C=O) groups is 1. The van der Waals surface area contributed by atoms with Crippen LogP contribution in [0.1, 0.15) is 25.0 Å². The maximum Gasteiger partial charge on any atom is 0.244 e. The fourth-order valence-corrected chi connectivity index (χ4v) is 3.03. The fourth-order valence-electron chi connectivity index (χ4n) is 2.84. The number of amides is 1. The predicted octanol–water partition coefficient (Wildman–Crippen LogP) is 3.13. The summed E-state index contributed by atoms with van der Waals surface area (Å²) in [4.78, 5) is 14.5. The van der Waals surface area contributed by atoms with Crippen LogP contribution < -0.4 is 5.32 Å². The number of morpholine rings is 1. The van der Waals surface area contributed by atoms with Crippen molar-refractivity contribution in [1.29, 1.82) is 0 Å². The van der Waals surface area contributed by atoms with Gasteiger partial charge in [0.15, 0.2) is 0 Å². The summed E-state index contributed by atoms with van der Waals surface area (Å²) in [6, 6.07) is 6.11. The van der Waals surface area contributed by atoms with Crippen molar-refractivity contribution in [3.63, 3.8) is 0 Å². The van der Waals surface area contributed by atoms with Gasteiger partial charge >= 0.3 is 0 Å². The van der Waals surface area contributed by atoms with Crippen LogP contribution in [0.2, 0.25) is 5.02 Å². The number of ether oxygens (including phenoxy) is 1. The van der Waals surface area contributed by atoms with Crippen LogP contribution >= 0.6 is 11.6 Å². The summed E-state index contributed by atoms with van der Waals surface area (Å²) in [7, 11) is 0. The molecule has 4 nitrogen and oxygen atoms in total. The number of hydrogen-bond donors (Lipinski definition) is 1. The molecule has 5 heteroatoms. The van der Waals surface area contributed by atoms with E-state index in [1.807, 2.05) is 25.1 Å². The Morgan fingerprint density at radius 1 is 1.38 bits per heavy atom. The minimum absolute atomic E-state index is 0.0781. The van der Waals surface area contributed by atoms with Crippen LogP contribution in [0.15, 0.2) is 24.3 Å². The highest BCUT2D eigenvalue weighted by Crippen LogP contribution is 2.17. The summed E-state index contributed by atoms with van der Waals surface area (Å²) in [6.45, 7) is 10.4. The summed E-state index contributed by atoms with van der Waals surface area (Å²) in [6.07, 6.45) is 3.36. The highest BCUT2D eigenvalue weighted by atomic mass is 35.5. The Morgan fingerprint density at radius 3 is 2.71 bits per heavy atom. The Hall–Kier alpha value is -1.36. The van der Waals surface area contributed by atoms with E-state index in [0.717, 1.165) is 37.4 Å². The molecule has 1 N–H and O–H groups in total. The average molecular weight is 351 g/mol. The molecule has 132 valence electrons. The van der Waals surface area contributed by atoms with E-state index in [1.54, 1.807) is 12.2 Å². The van der Waals surface area contributed by atoms with E-state index < -0.39 is 0 Å². The Labute approximate surface area is 149 Å². The molecule has 0 radical (unpaired) electrons. The summed E-state index contributed by atoms with van der Waals surface area (Å²) in [5.41, 5.74) is 1.96. The summed E-state index contributed by atoms with van der Waals surface area (Å²) < 4.78 is 5.41. The summed E-state index contributed by atoms with van der Waals surface area (Å²) in [5.74, 6) is 0.397. The number of carbonyl (C=O) groups excluding carboxylic acids is 1. The van der Waals surface area contributed by atoms with Crippen molar-refractivity contribution in [3.05, 3.63) is 40.4 Å². The maximum atomic E-state index is 12.1. The van der Waals surface area contributed by atoms with Crippen LogP contribution in [0.3, 0.4) is 0 Å². The highest BCUT2D eigenvalue weighted by molar-refractivity contribution is 6.31. The monoisotopic (exact) mass is 350 g/mol. The van der Waals surface area contributed by atoms with E-state index in [4.69, 9.17) is 16.3 Å². The molecule has 1 aromatic carbocycles. The minimum Gasteiger partial charge on any atom is -0.379 e. The van der Waals surface area contributed by atoms with E-state index in [-0.39, 0.29) is 5.91 Å². The molecule has 0 spiro atoms. The molecule has 1 saturated heterocycles.